The summed E-state index contributed by atoms with van der Waals surface area (Å²) in [6.45, 7) is 1.60. The molecule has 3 rings (SSSR count). The third kappa shape index (κ3) is 3.83. The van der Waals surface area contributed by atoms with Crippen molar-refractivity contribution in [3.8, 4) is 11.5 Å². The van der Waals surface area contributed by atoms with Crippen LogP contribution < -0.4 is 9.47 Å². The molecule has 2 aromatic rings. The molecule has 0 unspecified atom stereocenters. The first-order chi connectivity index (χ1) is 12.6. The fourth-order valence-corrected chi connectivity index (χ4v) is 2.59. The van der Waals surface area contributed by atoms with E-state index in [9.17, 15) is 9.59 Å². The molecule has 0 amide bonds. The number of aryl methyl sites for hydroxylation is 1. The lowest BCUT2D eigenvalue weighted by molar-refractivity contribution is -0.142. The summed E-state index contributed by atoms with van der Waals surface area (Å²) in [7, 11) is 1.29. The van der Waals surface area contributed by atoms with Gasteiger partial charge in [0.1, 0.15) is 11.5 Å². The number of ketones is 1. The lowest BCUT2D eigenvalue weighted by Gasteiger charge is -2.08. The summed E-state index contributed by atoms with van der Waals surface area (Å²) in [6, 6.07) is 13.1. The summed E-state index contributed by atoms with van der Waals surface area (Å²) in [5, 5.41) is 0. The number of esters is 1. The van der Waals surface area contributed by atoms with Gasteiger partial charge in [-0.15, -0.1) is 0 Å². The van der Waals surface area contributed by atoms with Crippen LogP contribution in [0.4, 0.5) is 0 Å². The van der Waals surface area contributed by atoms with Gasteiger partial charge >= 0.3 is 5.97 Å². The highest BCUT2D eigenvalue weighted by Crippen LogP contribution is 2.36. The number of hydrogen-bond donors (Lipinski definition) is 0. The quantitative estimate of drug-likeness (QED) is 0.607. The second-order valence-electron chi connectivity index (χ2n) is 5.71. The maximum atomic E-state index is 12.5. The topological polar surface area (TPSA) is 61.8 Å². The number of carbonyl (C=O) groups excluding carboxylic acids is 2. The molecule has 0 saturated carbocycles. The van der Waals surface area contributed by atoms with Gasteiger partial charge in [-0.05, 0) is 30.2 Å². The molecular formula is C21H18O5. The predicted molar refractivity (Wildman–Crippen MR) is 97.2 cm³/mol. The molecular weight excluding hydrogens is 332 g/mol. The fraction of sp³-hybridized carbons (Fsp3) is 0.143. The number of benzene rings is 2. The molecule has 0 spiro atoms. The molecule has 0 N–H and O–H groups in total. The maximum Gasteiger partial charge on any atom is 0.343 e. The summed E-state index contributed by atoms with van der Waals surface area (Å²) < 4.78 is 15.6. The van der Waals surface area contributed by atoms with Crippen molar-refractivity contribution in [3.63, 3.8) is 0 Å². The summed E-state index contributed by atoms with van der Waals surface area (Å²) >= 11 is 0. The molecule has 1 heterocycles. The molecule has 0 atom stereocenters. The minimum Gasteiger partial charge on any atom is -0.482 e. The summed E-state index contributed by atoms with van der Waals surface area (Å²) in [5.74, 6) is 0.469. The minimum atomic E-state index is -0.480. The van der Waals surface area contributed by atoms with Crippen LogP contribution in [0.15, 0.2) is 60.4 Å². The van der Waals surface area contributed by atoms with E-state index in [-0.39, 0.29) is 18.1 Å². The highest BCUT2D eigenvalue weighted by Gasteiger charge is 2.29. The predicted octanol–water partition coefficient (Wildman–Crippen LogP) is 3.72. The largest absolute Gasteiger partial charge is 0.482 e. The molecule has 1 aliphatic heterocycles. The van der Waals surface area contributed by atoms with Crippen LogP contribution in [-0.4, -0.2) is 25.5 Å². The van der Waals surface area contributed by atoms with Gasteiger partial charge in [-0.2, -0.15) is 0 Å². The van der Waals surface area contributed by atoms with E-state index in [1.165, 1.54) is 7.11 Å². The Morgan fingerprint density at radius 3 is 2.69 bits per heavy atom. The lowest BCUT2D eigenvalue weighted by atomic mass is 10.0. The second-order valence-corrected chi connectivity index (χ2v) is 5.71. The fourth-order valence-electron chi connectivity index (χ4n) is 2.59. The van der Waals surface area contributed by atoms with Crippen LogP contribution in [0.25, 0.3) is 6.08 Å². The van der Waals surface area contributed by atoms with Crippen molar-refractivity contribution in [2.24, 2.45) is 0 Å². The zero-order valence-corrected chi connectivity index (χ0v) is 14.5. The van der Waals surface area contributed by atoms with Crippen molar-refractivity contribution in [1.29, 1.82) is 0 Å². The second kappa shape index (κ2) is 7.70. The van der Waals surface area contributed by atoms with Gasteiger partial charge in [-0.3, -0.25) is 4.79 Å². The molecule has 0 fully saturated rings. The van der Waals surface area contributed by atoms with E-state index in [0.29, 0.717) is 17.1 Å². The van der Waals surface area contributed by atoms with Gasteiger partial charge in [0, 0.05) is 6.07 Å². The first kappa shape index (κ1) is 17.5. The Morgan fingerprint density at radius 2 is 1.96 bits per heavy atom. The highest BCUT2D eigenvalue weighted by molar-refractivity contribution is 6.13. The van der Waals surface area contributed by atoms with Crippen molar-refractivity contribution in [2.75, 3.05) is 13.7 Å². The Morgan fingerprint density at radius 1 is 1.19 bits per heavy atom. The van der Waals surface area contributed by atoms with Crippen molar-refractivity contribution < 1.29 is 23.8 Å². The molecule has 0 radical (unpaired) electrons. The van der Waals surface area contributed by atoms with Crippen molar-refractivity contribution in [2.45, 2.75) is 6.92 Å². The Labute approximate surface area is 151 Å². The number of rotatable bonds is 5. The Kier molecular flexibility index (Phi) is 5.17. The SMILES string of the molecule is COC(=O)COc1cc(C)c2c(c1)O/C(=C\C=C\c1ccccc1)C2=O. The number of hydrogen-bond acceptors (Lipinski definition) is 5. The number of fused-ring (bicyclic) bond motifs is 1. The van der Waals surface area contributed by atoms with E-state index >= 15 is 0 Å². The van der Waals surface area contributed by atoms with E-state index in [0.717, 1.165) is 11.1 Å². The summed E-state index contributed by atoms with van der Waals surface area (Å²) in [5.41, 5.74) is 2.26. The van der Waals surface area contributed by atoms with Gasteiger partial charge in [-0.25, -0.2) is 4.79 Å². The first-order valence-electron chi connectivity index (χ1n) is 8.08. The lowest BCUT2D eigenvalue weighted by Crippen LogP contribution is -2.12. The third-order valence-electron chi connectivity index (χ3n) is 3.86. The molecule has 5 nitrogen and oxygen atoms in total. The Balaban J connectivity index is 1.77. The zero-order chi connectivity index (χ0) is 18.5. The van der Waals surface area contributed by atoms with Gasteiger partial charge in [0.25, 0.3) is 0 Å². The van der Waals surface area contributed by atoms with Crippen molar-refractivity contribution in [3.05, 3.63) is 77.1 Å². The van der Waals surface area contributed by atoms with Crippen molar-refractivity contribution in [1.82, 2.24) is 0 Å². The number of carbonyl (C=O) groups is 2. The standard InChI is InChI=1S/C21H18O5/c1-14-11-16(25-13-19(22)24-2)12-18-20(14)21(23)17(26-18)10-6-9-15-7-4-3-5-8-15/h3-12H,13H2,1-2H3/b9-6+,17-10-. The normalized spacial score (nSPS) is 14.4. The first-order valence-corrected chi connectivity index (χ1v) is 8.08. The van der Waals surface area contributed by atoms with E-state index < -0.39 is 5.97 Å². The molecule has 5 heteroatoms. The summed E-state index contributed by atoms with van der Waals surface area (Å²) in [6.07, 6.45) is 5.31. The molecule has 0 saturated heterocycles. The van der Waals surface area contributed by atoms with Crippen LogP contribution in [0.2, 0.25) is 0 Å². The average Bonchev–Trinajstić information content (AvgIpc) is 2.96. The molecule has 132 valence electrons. The van der Waals surface area contributed by atoms with Gasteiger partial charge in [0.2, 0.25) is 5.78 Å². The molecule has 0 aliphatic carbocycles. The van der Waals surface area contributed by atoms with Crippen molar-refractivity contribution >= 4 is 17.8 Å². The van der Waals surface area contributed by atoms with Crippen LogP contribution in [0, 0.1) is 6.92 Å². The van der Waals surface area contributed by atoms with E-state index in [1.807, 2.05) is 36.4 Å². The van der Waals surface area contributed by atoms with E-state index in [2.05, 4.69) is 4.74 Å². The highest BCUT2D eigenvalue weighted by atomic mass is 16.6. The minimum absolute atomic E-state index is 0.172. The number of Topliss-reactive ketones (excluding diaryl/α,β-unsaturated/α-hetero) is 1. The van der Waals surface area contributed by atoms with Gasteiger partial charge < -0.3 is 14.2 Å². The molecule has 0 aromatic heterocycles. The van der Waals surface area contributed by atoms with Crippen LogP contribution in [0.5, 0.6) is 11.5 Å². The number of allylic oxidation sites excluding steroid dienone is 3. The molecule has 26 heavy (non-hydrogen) atoms. The monoisotopic (exact) mass is 350 g/mol. The smallest absolute Gasteiger partial charge is 0.343 e. The molecule has 2 aromatic carbocycles. The van der Waals surface area contributed by atoms with Crippen LogP contribution in [0.1, 0.15) is 21.5 Å². The summed E-state index contributed by atoms with van der Waals surface area (Å²) in [4.78, 5) is 23.7. The average molecular weight is 350 g/mol. The Hall–Kier alpha value is -3.34. The number of ether oxygens (including phenoxy) is 3. The van der Waals surface area contributed by atoms with Gasteiger partial charge in [0.15, 0.2) is 12.4 Å². The maximum absolute atomic E-state index is 12.5. The van der Waals surface area contributed by atoms with Gasteiger partial charge in [0.05, 0.1) is 12.7 Å². The van der Waals surface area contributed by atoms with Crippen LogP contribution in [0.3, 0.4) is 0 Å². The van der Waals surface area contributed by atoms with Crippen LogP contribution in [-0.2, 0) is 9.53 Å². The van der Waals surface area contributed by atoms with E-state index in [1.54, 1.807) is 31.2 Å². The molecule has 0 bridgehead atoms. The third-order valence-corrected chi connectivity index (χ3v) is 3.86. The Bertz CT molecular complexity index is 894. The zero-order valence-electron chi connectivity index (χ0n) is 14.5. The number of methoxy groups -OCH3 is 1. The van der Waals surface area contributed by atoms with Gasteiger partial charge in [-0.1, -0.05) is 42.5 Å². The molecule has 1 aliphatic rings. The van der Waals surface area contributed by atoms with E-state index in [4.69, 9.17) is 9.47 Å². The van der Waals surface area contributed by atoms with Crippen LogP contribution >= 0.6 is 0 Å².